The Kier molecular flexibility index (Phi) is 4.81. The molecule has 2 aliphatic heterocycles. The average Bonchev–Trinajstić information content (AvgIpc) is 2.37. The number of rotatable bonds is 3. The molecule has 7 heteroatoms. The third kappa shape index (κ3) is 4.15. The van der Waals surface area contributed by atoms with Crippen LogP contribution in [0.3, 0.4) is 0 Å². The summed E-state index contributed by atoms with van der Waals surface area (Å²) in [7, 11) is -2.98. The summed E-state index contributed by atoms with van der Waals surface area (Å²) in [6, 6.07) is -0.242. The van der Waals surface area contributed by atoms with Gasteiger partial charge >= 0.3 is 0 Å². The zero-order chi connectivity index (χ0) is 13.9. The van der Waals surface area contributed by atoms with Crippen LogP contribution in [0.15, 0.2) is 0 Å². The third-order valence-electron chi connectivity index (χ3n) is 3.67. The van der Waals surface area contributed by atoms with E-state index in [9.17, 15) is 13.2 Å². The molecule has 0 aromatic carbocycles. The second-order valence-electron chi connectivity index (χ2n) is 5.21. The maximum atomic E-state index is 12.2. The minimum Gasteiger partial charge on any atom is -0.375 e. The number of morpholine rings is 1. The van der Waals surface area contributed by atoms with Crippen LogP contribution >= 0.6 is 0 Å². The predicted octanol–water partition coefficient (Wildman–Crippen LogP) is -0.599. The molecule has 2 aliphatic rings. The Hall–Kier alpha value is -0.660. The van der Waals surface area contributed by atoms with Crippen LogP contribution in [0.2, 0.25) is 0 Å². The van der Waals surface area contributed by atoms with Gasteiger partial charge in [0.15, 0.2) is 9.84 Å². The van der Waals surface area contributed by atoms with Gasteiger partial charge in [-0.15, -0.1) is 0 Å². The first-order chi connectivity index (χ1) is 9.00. The molecule has 0 bridgehead atoms. The van der Waals surface area contributed by atoms with Crippen LogP contribution in [0.25, 0.3) is 0 Å². The highest BCUT2D eigenvalue weighted by atomic mass is 32.2. The van der Waals surface area contributed by atoms with Crippen molar-refractivity contribution in [1.82, 2.24) is 10.2 Å². The lowest BCUT2D eigenvalue weighted by atomic mass is 10.1. The van der Waals surface area contributed by atoms with Crippen LogP contribution in [0.1, 0.15) is 19.8 Å². The molecular formula is C12H22N2O4S. The molecule has 2 heterocycles. The summed E-state index contributed by atoms with van der Waals surface area (Å²) in [5.74, 6) is 0.268. The number of ether oxygens (including phenoxy) is 1. The van der Waals surface area contributed by atoms with E-state index < -0.39 is 9.84 Å². The summed E-state index contributed by atoms with van der Waals surface area (Å²) in [5, 5.41) is 3.11. The Balaban J connectivity index is 1.86. The minimum absolute atomic E-state index is 0.0244. The van der Waals surface area contributed by atoms with Crippen LogP contribution in [-0.2, 0) is 19.4 Å². The number of hydrogen-bond donors (Lipinski definition) is 1. The molecule has 0 saturated carbocycles. The lowest BCUT2D eigenvalue weighted by Gasteiger charge is -2.34. The van der Waals surface area contributed by atoms with Crippen LogP contribution < -0.4 is 5.32 Å². The number of amides is 1. The van der Waals surface area contributed by atoms with Crippen molar-refractivity contribution in [1.29, 1.82) is 0 Å². The molecule has 19 heavy (non-hydrogen) atoms. The van der Waals surface area contributed by atoms with Gasteiger partial charge in [-0.05, 0) is 6.42 Å². The fraction of sp³-hybridized carbons (Fsp3) is 0.917. The Morgan fingerprint density at radius 1 is 1.47 bits per heavy atom. The van der Waals surface area contributed by atoms with Crippen LogP contribution in [-0.4, -0.2) is 69.1 Å². The van der Waals surface area contributed by atoms with E-state index in [1.54, 1.807) is 4.90 Å². The zero-order valence-corrected chi connectivity index (χ0v) is 12.1. The Labute approximate surface area is 114 Å². The van der Waals surface area contributed by atoms with Gasteiger partial charge in [-0.1, -0.05) is 6.92 Å². The van der Waals surface area contributed by atoms with Crippen molar-refractivity contribution in [3.63, 3.8) is 0 Å². The van der Waals surface area contributed by atoms with E-state index in [2.05, 4.69) is 5.32 Å². The van der Waals surface area contributed by atoms with Gasteiger partial charge in [-0.2, -0.15) is 0 Å². The number of nitrogens with one attached hydrogen (secondary N) is 1. The predicted molar refractivity (Wildman–Crippen MR) is 71.7 cm³/mol. The van der Waals surface area contributed by atoms with Gasteiger partial charge < -0.3 is 15.0 Å². The SMILES string of the molecule is CCC1CN(C(=O)CC2CS(=O)(=O)CCN2)CCO1. The molecule has 0 aromatic rings. The summed E-state index contributed by atoms with van der Waals surface area (Å²) in [4.78, 5) is 14.0. The lowest BCUT2D eigenvalue weighted by Crippen LogP contribution is -2.50. The summed E-state index contributed by atoms with van der Waals surface area (Å²) < 4.78 is 28.6. The molecule has 6 nitrogen and oxygen atoms in total. The molecule has 0 aromatic heterocycles. The van der Waals surface area contributed by atoms with Crippen molar-refractivity contribution >= 4 is 15.7 Å². The fourth-order valence-corrected chi connectivity index (χ4v) is 3.98. The maximum Gasteiger partial charge on any atom is 0.224 e. The first-order valence-electron chi connectivity index (χ1n) is 6.83. The molecule has 0 aliphatic carbocycles. The lowest BCUT2D eigenvalue weighted by molar-refractivity contribution is -0.139. The standard InChI is InChI=1S/C12H22N2O4S/c1-2-11-8-14(4-5-18-11)12(15)7-10-9-19(16,17)6-3-13-10/h10-11,13H,2-9H2,1H3. The van der Waals surface area contributed by atoms with Gasteiger partial charge in [0.25, 0.3) is 0 Å². The molecule has 0 spiro atoms. The number of carbonyl (C=O) groups excluding carboxylic acids is 1. The largest absolute Gasteiger partial charge is 0.375 e. The van der Waals surface area contributed by atoms with E-state index in [4.69, 9.17) is 4.74 Å². The summed E-state index contributed by atoms with van der Waals surface area (Å²) >= 11 is 0. The highest BCUT2D eigenvalue weighted by molar-refractivity contribution is 7.91. The molecule has 0 radical (unpaired) electrons. The second kappa shape index (κ2) is 6.19. The van der Waals surface area contributed by atoms with Gasteiger partial charge in [0.2, 0.25) is 5.91 Å². The smallest absolute Gasteiger partial charge is 0.224 e. The number of nitrogens with zero attached hydrogens (tertiary/aromatic N) is 1. The van der Waals surface area contributed by atoms with E-state index in [1.807, 2.05) is 6.92 Å². The first-order valence-corrected chi connectivity index (χ1v) is 8.65. The van der Waals surface area contributed by atoms with Crippen molar-refractivity contribution in [2.75, 3.05) is 37.7 Å². The Morgan fingerprint density at radius 2 is 2.26 bits per heavy atom. The summed E-state index contributed by atoms with van der Waals surface area (Å²) in [6.45, 7) is 4.28. The second-order valence-corrected chi connectivity index (χ2v) is 7.44. The van der Waals surface area contributed by atoms with Gasteiger partial charge in [-0.3, -0.25) is 4.79 Å². The minimum atomic E-state index is -2.98. The molecule has 1 N–H and O–H groups in total. The van der Waals surface area contributed by atoms with Gasteiger partial charge in [0, 0.05) is 32.1 Å². The molecule has 2 fully saturated rings. The number of carbonyl (C=O) groups is 1. The van der Waals surface area contributed by atoms with Gasteiger partial charge in [-0.25, -0.2) is 8.42 Å². The summed E-state index contributed by atoms with van der Waals surface area (Å²) in [5.41, 5.74) is 0. The van der Waals surface area contributed by atoms with Crippen LogP contribution in [0.5, 0.6) is 0 Å². The molecule has 2 rings (SSSR count). The third-order valence-corrected chi connectivity index (χ3v) is 5.41. The molecule has 2 atom stereocenters. The van der Waals surface area contributed by atoms with Crippen molar-refractivity contribution in [2.24, 2.45) is 0 Å². The fourth-order valence-electron chi connectivity index (χ4n) is 2.53. The topological polar surface area (TPSA) is 75.7 Å². The number of hydrogen-bond acceptors (Lipinski definition) is 5. The summed E-state index contributed by atoms with van der Waals surface area (Å²) in [6.07, 6.45) is 1.26. The Bertz CT molecular complexity index is 423. The van der Waals surface area contributed by atoms with Crippen LogP contribution in [0, 0.1) is 0 Å². The van der Waals surface area contributed by atoms with E-state index in [1.165, 1.54) is 0 Å². The number of sulfone groups is 1. The average molecular weight is 290 g/mol. The van der Waals surface area contributed by atoms with E-state index in [0.717, 1.165) is 6.42 Å². The van der Waals surface area contributed by atoms with Crippen molar-refractivity contribution in [3.05, 3.63) is 0 Å². The maximum absolute atomic E-state index is 12.2. The van der Waals surface area contributed by atoms with Gasteiger partial charge in [0.1, 0.15) is 0 Å². The monoisotopic (exact) mass is 290 g/mol. The van der Waals surface area contributed by atoms with Crippen molar-refractivity contribution in [3.8, 4) is 0 Å². The molecule has 110 valence electrons. The zero-order valence-electron chi connectivity index (χ0n) is 11.3. The van der Waals surface area contributed by atoms with E-state index >= 15 is 0 Å². The van der Waals surface area contributed by atoms with Crippen molar-refractivity contribution < 1.29 is 17.9 Å². The van der Waals surface area contributed by atoms with E-state index in [-0.39, 0.29) is 36.0 Å². The highest BCUT2D eigenvalue weighted by Crippen LogP contribution is 2.12. The van der Waals surface area contributed by atoms with Crippen LogP contribution in [0.4, 0.5) is 0 Å². The van der Waals surface area contributed by atoms with Crippen molar-refractivity contribution in [2.45, 2.75) is 31.9 Å². The molecular weight excluding hydrogens is 268 g/mol. The molecule has 1 amide bonds. The first kappa shape index (κ1) is 14.7. The highest BCUT2D eigenvalue weighted by Gasteiger charge is 2.29. The normalized spacial score (nSPS) is 31.1. The van der Waals surface area contributed by atoms with E-state index in [0.29, 0.717) is 26.2 Å². The van der Waals surface area contributed by atoms with Gasteiger partial charge in [0.05, 0.1) is 24.2 Å². The quantitative estimate of drug-likeness (QED) is 0.751. The molecule has 2 saturated heterocycles. The molecule has 2 unspecified atom stereocenters. The Morgan fingerprint density at radius 3 is 2.95 bits per heavy atom.